The van der Waals surface area contributed by atoms with Gasteiger partial charge in [-0.15, -0.1) is 0 Å². The zero-order valence-electron chi connectivity index (χ0n) is 11.4. The smallest absolute Gasteiger partial charge is 0.248 e. The van der Waals surface area contributed by atoms with Crippen molar-refractivity contribution in [2.75, 3.05) is 19.6 Å². The van der Waals surface area contributed by atoms with E-state index in [1.807, 2.05) is 0 Å². The second kappa shape index (κ2) is 7.10. The third kappa shape index (κ3) is 4.25. The summed E-state index contributed by atoms with van der Waals surface area (Å²) in [7, 11) is 0. The Morgan fingerprint density at radius 2 is 1.67 bits per heavy atom. The van der Waals surface area contributed by atoms with Gasteiger partial charge in [0.1, 0.15) is 0 Å². The lowest BCUT2D eigenvalue weighted by molar-refractivity contribution is -0.122. The molecule has 1 amide bonds. The van der Waals surface area contributed by atoms with Gasteiger partial charge in [-0.3, -0.25) is 15.1 Å². The van der Waals surface area contributed by atoms with Gasteiger partial charge in [-0.2, -0.15) is 0 Å². The number of hydrogen-bond acceptors (Lipinski definition) is 3. The van der Waals surface area contributed by atoms with E-state index in [4.69, 9.17) is 5.84 Å². The second-order valence-electron chi connectivity index (χ2n) is 6.03. The summed E-state index contributed by atoms with van der Waals surface area (Å²) in [5, 5.41) is 0. The number of carbonyl (C=O) groups is 1. The van der Waals surface area contributed by atoms with Crippen LogP contribution in [0.2, 0.25) is 0 Å². The van der Waals surface area contributed by atoms with Gasteiger partial charge in [-0.25, -0.2) is 5.84 Å². The predicted octanol–water partition coefficient (Wildman–Crippen LogP) is 1.66. The molecule has 3 N–H and O–H groups in total. The van der Waals surface area contributed by atoms with E-state index >= 15 is 0 Å². The Labute approximate surface area is 110 Å². The van der Waals surface area contributed by atoms with Crippen LogP contribution in [0.5, 0.6) is 0 Å². The summed E-state index contributed by atoms with van der Waals surface area (Å²) in [4.78, 5) is 13.4. The molecule has 4 nitrogen and oxygen atoms in total. The quantitative estimate of drug-likeness (QED) is 0.455. The number of piperidine rings is 1. The average molecular weight is 253 g/mol. The number of nitrogens with two attached hydrogens (primary N) is 1. The van der Waals surface area contributed by atoms with Gasteiger partial charge < -0.3 is 0 Å². The fourth-order valence-corrected chi connectivity index (χ4v) is 3.52. The van der Waals surface area contributed by atoms with E-state index in [-0.39, 0.29) is 5.91 Å². The topological polar surface area (TPSA) is 58.4 Å². The zero-order valence-corrected chi connectivity index (χ0v) is 11.4. The SMILES string of the molecule is NNC(=O)CN1CCC(CC2CCCCC2)CC1. The van der Waals surface area contributed by atoms with Crippen molar-refractivity contribution in [1.29, 1.82) is 0 Å². The molecule has 0 aromatic heterocycles. The van der Waals surface area contributed by atoms with Crippen LogP contribution in [0.15, 0.2) is 0 Å². The third-order valence-electron chi connectivity index (χ3n) is 4.63. The molecule has 2 rings (SSSR count). The molecule has 1 saturated carbocycles. The van der Waals surface area contributed by atoms with Crippen LogP contribution in [0.25, 0.3) is 0 Å². The maximum atomic E-state index is 11.2. The molecule has 0 aromatic rings. The van der Waals surface area contributed by atoms with E-state index in [0.29, 0.717) is 6.54 Å². The minimum absolute atomic E-state index is 0.0688. The Morgan fingerprint density at radius 1 is 1.06 bits per heavy atom. The minimum Gasteiger partial charge on any atom is -0.294 e. The molecule has 1 saturated heterocycles. The maximum absolute atomic E-state index is 11.2. The van der Waals surface area contributed by atoms with Gasteiger partial charge in [-0.1, -0.05) is 32.1 Å². The normalized spacial score (nSPS) is 24.1. The van der Waals surface area contributed by atoms with Crippen LogP contribution in [0.4, 0.5) is 0 Å². The molecule has 4 heteroatoms. The number of nitrogens with one attached hydrogen (secondary N) is 1. The Morgan fingerprint density at radius 3 is 2.28 bits per heavy atom. The van der Waals surface area contributed by atoms with Crippen molar-refractivity contribution >= 4 is 5.91 Å². The highest BCUT2D eigenvalue weighted by atomic mass is 16.2. The molecule has 18 heavy (non-hydrogen) atoms. The van der Waals surface area contributed by atoms with Crippen molar-refractivity contribution in [3.8, 4) is 0 Å². The predicted molar refractivity (Wildman–Crippen MR) is 72.7 cm³/mol. The third-order valence-corrected chi connectivity index (χ3v) is 4.63. The number of hydrogen-bond donors (Lipinski definition) is 2. The lowest BCUT2D eigenvalue weighted by Gasteiger charge is -2.34. The first-order valence-electron chi connectivity index (χ1n) is 7.49. The Hall–Kier alpha value is -0.610. The summed E-state index contributed by atoms with van der Waals surface area (Å²) < 4.78 is 0. The van der Waals surface area contributed by atoms with Gasteiger partial charge >= 0.3 is 0 Å². The van der Waals surface area contributed by atoms with Crippen molar-refractivity contribution in [3.05, 3.63) is 0 Å². The van der Waals surface area contributed by atoms with Crippen LogP contribution in [-0.4, -0.2) is 30.4 Å². The molecule has 1 heterocycles. The van der Waals surface area contributed by atoms with E-state index in [0.717, 1.165) is 24.9 Å². The Balaban J connectivity index is 1.65. The highest BCUT2D eigenvalue weighted by Gasteiger charge is 2.24. The molecule has 0 bridgehead atoms. The first-order valence-corrected chi connectivity index (χ1v) is 7.49. The monoisotopic (exact) mass is 253 g/mol. The van der Waals surface area contributed by atoms with Crippen LogP contribution in [0.1, 0.15) is 51.4 Å². The summed E-state index contributed by atoms with van der Waals surface area (Å²) >= 11 is 0. The van der Waals surface area contributed by atoms with Crippen molar-refractivity contribution in [1.82, 2.24) is 10.3 Å². The number of rotatable bonds is 4. The minimum atomic E-state index is -0.0688. The van der Waals surface area contributed by atoms with Crippen LogP contribution in [-0.2, 0) is 4.79 Å². The summed E-state index contributed by atoms with van der Waals surface area (Å²) in [6, 6.07) is 0. The summed E-state index contributed by atoms with van der Waals surface area (Å²) in [5.41, 5.74) is 2.21. The molecule has 0 spiro atoms. The van der Waals surface area contributed by atoms with Gasteiger partial charge in [0.05, 0.1) is 6.54 Å². The number of hydrazine groups is 1. The molecular weight excluding hydrogens is 226 g/mol. The van der Waals surface area contributed by atoms with Crippen molar-refractivity contribution in [2.45, 2.75) is 51.4 Å². The molecular formula is C14H27N3O. The zero-order chi connectivity index (χ0) is 12.8. The van der Waals surface area contributed by atoms with Gasteiger partial charge in [0.25, 0.3) is 0 Å². The van der Waals surface area contributed by atoms with E-state index in [1.165, 1.54) is 51.4 Å². The number of nitrogens with zero attached hydrogens (tertiary/aromatic N) is 1. The van der Waals surface area contributed by atoms with Gasteiger partial charge in [-0.05, 0) is 44.2 Å². The first-order chi connectivity index (χ1) is 8.78. The van der Waals surface area contributed by atoms with Crippen molar-refractivity contribution in [3.63, 3.8) is 0 Å². The van der Waals surface area contributed by atoms with Gasteiger partial charge in [0, 0.05) is 0 Å². The second-order valence-corrected chi connectivity index (χ2v) is 6.03. The molecule has 0 aromatic carbocycles. The Kier molecular flexibility index (Phi) is 5.45. The van der Waals surface area contributed by atoms with E-state index in [1.54, 1.807) is 0 Å². The van der Waals surface area contributed by atoms with E-state index in [2.05, 4.69) is 10.3 Å². The van der Waals surface area contributed by atoms with Crippen molar-refractivity contribution < 1.29 is 4.79 Å². The highest BCUT2D eigenvalue weighted by Crippen LogP contribution is 2.32. The molecule has 0 atom stereocenters. The summed E-state index contributed by atoms with van der Waals surface area (Å²) in [6.07, 6.45) is 11.2. The molecule has 2 fully saturated rings. The van der Waals surface area contributed by atoms with Crippen LogP contribution in [0, 0.1) is 11.8 Å². The molecule has 104 valence electrons. The van der Waals surface area contributed by atoms with Gasteiger partial charge in [0.2, 0.25) is 5.91 Å². The van der Waals surface area contributed by atoms with Crippen molar-refractivity contribution in [2.24, 2.45) is 17.7 Å². The van der Waals surface area contributed by atoms with Crippen LogP contribution in [0.3, 0.4) is 0 Å². The molecule has 1 aliphatic carbocycles. The number of amides is 1. The highest BCUT2D eigenvalue weighted by molar-refractivity contribution is 5.77. The fraction of sp³-hybridized carbons (Fsp3) is 0.929. The summed E-state index contributed by atoms with van der Waals surface area (Å²) in [5.74, 6) is 6.93. The largest absolute Gasteiger partial charge is 0.294 e. The number of carbonyl (C=O) groups excluding carboxylic acids is 1. The molecule has 0 radical (unpaired) electrons. The first kappa shape index (κ1) is 13.8. The van der Waals surface area contributed by atoms with Crippen LogP contribution >= 0.6 is 0 Å². The molecule has 0 unspecified atom stereocenters. The van der Waals surface area contributed by atoms with Gasteiger partial charge in [0.15, 0.2) is 0 Å². The standard InChI is InChI=1S/C14H27N3O/c15-16-14(18)11-17-8-6-13(7-9-17)10-12-4-2-1-3-5-12/h12-13H,1-11,15H2,(H,16,18). The number of likely N-dealkylation sites (tertiary alicyclic amines) is 1. The van der Waals surface area contributed by atoms with Crippen LogP contribution < -0.4 is 11.3 Å². The average Bonchev–Trinajstić information content (AvgIpc) is 2.42. The lowest BCUT2D eigenvalue weighted by Crippen LogP contribution is -2.43. The maximum Gasteiger partial charge on any atom is 0.248 e. The molecule has 1 aliphatic heterocycles. The summed E-state index contributed by atoms with van der Waals surface area (Å²) in [6.45, 7) is 2.59. The van der Waals surface area contributed by atoms with E-state index < -0.39 is 0 Å². The lowest BCUT2D eigenvalue weighted by atomic mass is 9.80. The van der Waals surface area contributed by atoms with E-state index in [9.17, 15) is 4.79 Å². The molecule has 2 aliphatic rings. The Bertz CT molecular complexity index is 256. The fourth-order valence-electron chi connectivity index (χ4n) is 3.52.